The third-order valence-electron chi connectivity index (χ3n) is 4.18. The van der Waals surface area contributed by atoms with Crippen molar-refractivity contribution in [2.24, 2.45) is 0 Å². The summed E-state index contributed by atoms with van der Waals surface area (Å²) in [6.07, 6.45) is 0. The van der Waals surface area contributed by atoms with E-state index < -0.39 is 47.1 Å². The van der Waals surface area contributed by atoms with Crippen molar-refractivity contribution >= 4 is 37.1 Å². The first-order valence-corrected chi connectivity index (χ1v) is 11.7. The van der Waals surface area contributed by atoms with E-state index in [4.69, 9.17) is 4.74 Å². The standard InChI is InChI=1S/C19H16FN3O7S2/c1-30-19-10-7-13(11-16(19)20)21-32(28,29)15-8-9-17(18(12-15)23(24)25)22-31(26,27)14-5-3-2-4-6-14/h2-12,21-22H,1H3. The number of hydrogen-bond donors (Lipinski definition) is 2. The molecule has 0 heterocycles. The van der Waals surface area contributed by atoms with Crippen molar-refractivity contribution in [2.45, 2.75) is 9.79 Å². The molecule has 2 N–H and O–H groups in total. The van der Waals surface area contributed by atoms with Crippen LogP contribution >= 0.6 is 0 Å². The van der Waals surface area contributed by atoms with Gasteiger partial charge in [0.1, 0.15) is 5.69 Å². The minimum absolute atomic E-state index is 0.0985. The van der Waals surface area contributed by atoms with E-state index in [0.29, 0.717) is 6.07 Å². The van der Waals surface area contributed by atoms with Crippen LogP contribution in [0.3, 0.4) is 0 Å². The lowest BCUT2D eigenvalue weighted by atomic mass is 10.3. The number of nitrogens with one attached hydrogen (secondary N) is 2. The number of nitro groups is 1. The van der Waals surface area contributed by atoms with Crippen LogP contribution in [0.1, 0.15) is 0 Å². The van der Waals surface area contributed by atoms with Crippen LogP contribution in [0.5, 0.6) is 5.75 Å². The van der Waals surface area contributed by atoms with Crippen molar-refractivity contribution in [3.63, 3.8) is 0 Å². The van der Waals surface area contributed by atoms with Gasteiger partial charge >= 0.3 is 0 Å². The minimum atomic E-state index is -4.36. The Morgan fingerprint density at radius 1 is 0.875 bits per heavy atom. The summed E-state index contributed by atoms with van der Waals surface area (Å²) in [5.41, 5.74) is -1.35. The molecule has 0 bridgehead atoms. The first-order valence-electron chi connectivity index (χ1n) is 8.76. The molecular weight excluding hydrogens is 465 g/mol. The predicted molar refractivity (Wildman–Crippen MR) is 114 cm³/mol. The monoisotopic (exact) mass is 481 g/mol. The van der Waals surface area contributed by atoms with Gasteiger partial charge in [-0.15, -0.1) is 0 Å². The maximum atomic E-state index is 13.8. The van der Waals surface area contributed by atoms with Crippen LogP contribution in [-0.4, -0.2) is 28.9 Å². The lowest BCUT2D eigenvalue weighted by molar-refractivity contribution is -0.384. The molecule has 10 nitrogen and oxygen atoms in total. The van der Waals surface area contributed by atoms with Crippen LogP contribution in [0.15, 0.2) is 76.5 Å². The molecule has 0 saturated heterocycles. The summed E-state index contributed by atoms with van der Waals surface area (Å²) in [6.45, 7) is 0. The molecule has 0 aliphatic heterocycles. The van der Waals surface area contributed by atoms with Gasteiger partial charge in [0.15, 0.2) is 11.6 Å². The lowest BCUT2D eigenvalue weighted by Crippen LogP contribution is -2.16. The highest BCUT2D eigenvalue weighted by atomic mass is 32.2. The molecule has 0 saturated carbocycles. The highest BCUT2D eigenvalue weighted by Crippen LogP contribution is 2.31. The van der Waals surface area contributed by atoms with Crippen molar-refractivity contribution in [3.05, 3.63) is 82.7 Å². The summed E-state index contributed by atoms with van der Waals surface area (Å²) in [4.78, 5) is 9.91. The van der Waals surface area contributed by atoms with E-state index in [9.17, 15) is 31.3 Å². The van der Waals surface area contributed by atoms with E-state index >= 15 is 0 Å². The highest BCUT2D eigenvalue weighted by molar-refractivity contribution is 7.93. The van der Waals surface area contributed by atoms with Gasteiger partial charge in [-0.1, -0.05) is 18.2 Å². The van der Waals surface area contributed by atoms with Crippen LogP contribution in [0.2, 0.25) is 0 Å². The SMILES string of the molecule is COc1ccc(NS(=O)(=O)c2ccc(NS(=O)(=O)c3ccccc3)c([N+](=O)[O-])c2)cc1F. The fourth-order valence-electron chi connectivity index (χ4n) is 2.66. The Kier molecular flexibility index (Phi) is 6.32. The van der Waals surface area contributed by atoms with Crippen LogP contribution in [-0.2, 0) is 20.0 Å². The van der Waals surface area contributed by atoms with Crippen LogP contribution in [0, 0.1) is 15.9 Å². The summed E-state index contributed by atoms with van der Waals surface area (Å²) >= 11 is 0. The number of benzene rings is 3. The number of anilines is 2. The maximum Gasteiger partial charge on any atom is 0.294 e. The molecule has 0 radical (unpaired) electrons. The molecule has 0 aromatic heterocycles. The number of halogens is 1. The Morgan fingerprint density at radius 2 is 1.53 bits per heavy atom. The van der Waals surface area contributed by atoms with E-state index in [2.05, 4.69) is 9.44 Å². The lowest BCUT2D eigenvalue weighted by Gasteiger charge is -2.12. The minimum Gasteiger partial charge on any atom is -0.494 e. The number of ether oxygens (including phenoxy) is 1. The molecule has 0 atom stereocenters. The quantitative estimate of drug-likeness (QED) is 0.371. The van der Waals surface area contributed by atoms with Gasteiger partial charge < -0.3 is 4.74 Å². The van der Waals surface area contributed by atoms with Crippen LogP contribution in [0.4, 0.5) is 21.5 Å². The van der Waals surface area contributed by atoms with E-state index in [1.807, 2.05) is 0 Å². The number of rotatable bonds is 8. The molecule has 0 aliphatic carbocycles. The second-order valence-electron chi connectivity index (χ2n) is 6.31. The van der Waals surface area contributed by atoms with E-state index in [1.165, 1.54) is 43.5 Å². The van der Waals surface area contributed by atoms with Gasteiger partial charge in [-0.05, 0) is 36.4 Å². The van der Waals surface area contributed by atoms with E-state index in [0.717, 1.165) is 18.2 Å². The van der Waals surface area contributed by atoms with Crippen molar-refractivity contribution in [1.82, 2.24) is 0 Å². The number of hydrogen-bond acceptors (Lipinski definition) is 7. The Hall–Kier alpha value is -3.71. The summed E-state index contributed by atoms with van der Waals surface area (Å²) in [5, 5.41) is 11.5. The second-order valence-corrected chi connectivity index (χ2v) is 9.67. The Morgan fingerprint density at radius 3 is 2.12 bits per heavy atom. The summed E-state index contributed by atoms with van der Waals surface area (Å²) in [6, 6.07) is 13.1. The van der Waals surface area contributed by atoms with E-state index in [-0.39, 0.29) is 16.3 Å². The smallest absolute Gasteiger partial charge is 0.294 e. The molecule has 0 fully saturated rings. The molecule has 0 unspecified atom stereocenters. The molecule has 0 aliphatic rings. The zero-order chi connectivity index (χ0) is 23.5. The number of methoxy groups -OCH3 is 1. The van der Waals surface area contributed by atoms with Crippen molar-refractivity contribution in [3.8, 4) is 5.75 Å². The number of sulfonamides is 2. The number of nitro benzene ring substituents is 1. The van der Waals surface area contributed by atoms with Gasteiger partial charge in [-0.3, -0.25) is 19.6 Å². The average Bonchev–Trinajstić information content (AvgIpc) is 2.74. The molecule has 168 valence electrons. The molecule has 13 heteroatoms. The molecule has 3 aromatic rings. The summed E-state index contributed by atoms with van der Waals surface area (Å²) in [7, 11) is -7.26. The van der Waals surface area contributed by atoms with Gasteiger partial charge in [0, 0.05) is 12.1 Å². The summed E-state index contributed by atoms with van der Waals surface area (Å²) in [5.74, 6) is -0.914. The van der Waals surface area contributed by atoms with Gasteiger partial charge in [0.2, 0.25) is 0 Å². The normalized spacial score (nSPS) is 11.6. The fraction of sp³-hybridized carbons (Fsp3) is 0.0526. The maximum absolute atomic E-state index is 13.8. The Bertz CT molecular complexity index is 1380. The molecule has 3 aromatic carbocycles. The van der Waals surface area contributed by atoms with Gasteiger partial charge in [-0.25, -0.2) is 21.2 Å². The second kappa shape index (κ2) is 8.80. The Balaban J connectivity index is 1.94. The largest absolute Gasteiger partial charge is 0.494 e. The molecule has 0 spiro atoms. The highest BCUT2D eigenvalue weighted by Gasteiger charge is 2.25. The topological polar surface area (TPSA) is 145 Å². The van der Waals surface area contributed by atoms with Gasteiger partial charge in [0.25, 0.3) is 25.7 Å². The third-order valence-corrected chi connectivity index (χ3v) is 6.94. The fourth-order valence-corrected chi connectivity index (χ4v) is 4.83. The molecule has 3 rings (SSSR count). The zero-order valence-electron chi connectivity index (χ0n) is 16.4. The average molecular weight is 481 g/mol. The van der Waals surface area contributed by atoms with Crippen molar-refractivity contribution in [1.29, 1.82) is 0 Å². The molecule has 0 amide bonds. The predicted octanol–water partition coefficient (Wildman–Crippen LogP) is 3.34. The van der Waals surface area contributed by atoms with Gasteiger partial charge in [0.05, 0.1) is 27.5 Å². The molecule has 32 heavy (non-hydrogen) atoms. The number of nitrogens with zero attached hydrogens (tertiary/aromatic N) is 1. The first kappa shape index (κ1) is 23.0. The van der Waals surface area contributed by atoms with Crippen LogP contribution < -0.4 is 14.2 Å². The van der Waals surface area contributed by atoms with Crippen molar-refractivity contribution < 1.29 is 30.9 Å². The summed E-state index contributed by atoms with van der Waals surface area (Å²) < 4.78 is 73.0. The van der Waals surface area contributed by atoms with Crippen molar-refractivity contribution in [2.75, 3.05) is 16.6 Å². The molecular formula is C19H16FN3O7S2. The van der Waals surface area contributed by atoms with Crippen LogP contribution in [0.25, 0.3) is 0 Å². The first-order chi connectivity index (χ1) is 15.0. The van der Waals surface area contributed by atoms with Gasteiger partial charge in [-0.2, -0.15) is 0 Å². The third kappa shape index (κ3) is 4.95. The van der Waals surface area contributed by atoms with E-state index in [1.54, 1.807) is 6.07 Å². The Labute approximate surface area is 182 Å². The zero-order valence-corrected chi connectivity index (χ0v) is 18.0.